The molecule has 2 heterocycles. The smallest absolute Gasteiger partial charge is 0.0472 e. The van der Waals surface area contributed by atoms with Crippen LogP contribution in [0.5, 0.6) is 0 Å². The van der Waals surface area contributed by atoms with Gasteiger partial charge in [-0.25, -0.2) is 0 Å². The topological polar surface area (TPSA) is 24.5 Å². The first kappa shape index (κ1) is 14.9. The lowest BCUT2D eigenvalue weighted by Gasteiger charge is -2.44. The van der Waals surface area contributed by atoms with Crippen LogP contribution in [0.4, 0.5) is 5.69 Å². The molecule has 0 aromatic heterocycles. The Morgan fingerprint density at radius 1 is 1.29 bits per heavy atom. The Kier molecular flexibility index (Phi) is 4.51. The molecule has 0 amide bonds. The van der Waals surface area contributed by atoms with E-state index in [0.29, 0.717) is 5.41 Å². The van der Waals surface area contributed by atoms with Crippen LogP contribution in [0.2, 0.25) is 0 Å². The Hall–Kier alpha value is -1.06. The van der Waals surface area contributed by atoms with Crippen molar-refractivity contribution in [2.75, 3.05) is 44.8 Å². The van der Waals surface area contributed by atoms with Crippen LogP contribution in [0.1, 0.15) is 25.3 Å². The summed E-state index contributed by atoms with van der Waals surface area (Å²) in [7, 11) is 2.07. The molecule has 0 saturated carbocycles. The number of anilines is 1. The van der Waals surface area contributed by atoms with Gasteiger partial charge in [-0.1, -0.05) is 25.1 Å². The molecule has 1 aromatic rings. The molecule has 3 nitrogen and oxygen atoms in total. The van der Waals surface area contributed by atoms with Gasteiger partial charge in [-0.05, 0) is 43.9 Å². The normalized spacial score (nSPS) is 24.7. The number of rotatable bonds is 4. The van der Waals surface area contributed by atoms with Crippen molar-refractivity contribution in [2.24, 2.45) is 11.3 Å². The highest BCUT2D eigenvalue weighted by Crippen LogP contribution is 2.36. The van der Waals surface area contributed by atoms with Crippen LogP contribution in [0.15, 0.2) is 24.3 Å². The van der Waals surface area contributed by atoms with E-state index in [4.69, 9.17) is 4.74 Å². The Balaban J connectivity index is 1.82. The van der Waals surface area contributed by atoms with Gasteiger partial charge in [-0.2, -0.15) is 0 Å². The van der Waals surface area contributed by atoms with Gasteiger partial charge >= 0.3 is 0 Å². The van der Waals surface area contributed by atoms with E-state index in [-0.39, 0.29) is 0 Å². The van der Waals surface area contributed by atoms with Crippen LogP contribution in [0.25, 0.3) is 0 Å². The molecule has 21 heavy (non-hydrogen) atoms. The zero-order valence-corrected chi connectivity index (χ0v) is 13.4. The third-order valence-electron chi connectivity index (χ3n) is 5.06. The monoisotopic (exact) mass is 288 g/mol. The predicted molar refractivity (Wildman–Crippen MR) is 87.9 cm³/mol. The second-order valence-electron chi connectivity index (χ2n) is 6.96. The van der Waals surface area contributed by atoms with E-state index >= 15 is 0 Å². The van der Waals surface area contributed by atoms with Crippen molar-refractivity contribution in [1.29, 1.82) is 0 Å². The summed E-state index contributed by atoms with van der Waals surface area (Å²) < 4.78 is 5.60. The lowest BCUT2D eigenvalue weighted by atomic mass is 9.78. The van der Waals surface area contributed by atoms with E-state index in [1.807, 2.05) is 0 Å². The van der Waals surface area contributed by atoms with Gasteiger partial charge in [-0.15, -0.1) is 0 Å². The summed E-state index contributed by atoms with van der Waals surface area (Å²) in [4.78, 5) is 2.63. The summed E-state index contributed by atoms with van der Waals surface area (Å²) in [6, 6.07) is 8.95. The summed E-state index contributed by atoms with van der Waals surface area (Å²) in [6.45, 7) is 7.61. The third kappa shape index (κ3) is 3.24. The van der Waals surface area contributed by atoms with Gasteiger partial charge in [0.1, 0.15) is 0 Å². The van der Waals surface area contributed by atoms with Gasteiger partial charge < -0.3 is 15.0 Å². The fraction of sp³-hybridized carbons (Fsp3) is 0.667. The number of para-hydroxylation sites is 1. The molecule has 0 radical (unpaired) electrons. The van der Waals surface area contributed by atoms with Gasteiger partial charge in [0.15, 0.2) is 0 Å². The van der Waals surface area contributed by atoms with Crippen LogP contribution in [0.3, 0.4) is 0 Å². The number of hydrogen-bond acceptors (Lipinski definition) is 3. The van der Waals surface area contributed by atoms with Gasteiger partial charge in [-0.3, -0.25) is 0 Å². The Morgan fingerprint density at radius 2 is 2.05 bits per heavy atom. The van der Waals surface area contributed by atoms with Gasteiger partial charge in [0.05, 0.1) is 0 Å². The molecule has 1 N–H and O–H groups in total. The lowest BCUT2D eigenvalue weighted by molar-refractivity contribution is 0.0188. The largest absolute Gasteiger partial charge is 0.381 e. The van der Waals surface area contributed by atoms with E-state index in [0.717, 1.165) is 32.2 Å². The van der Waals surface area contributed by atoms with Gasteiger partial charge in [0.25, 0.3) is 0 Å². The average molecular weight is 288 g/mol. The number of ether oxygens (including phenoxy) is 1. The molecule has 2 aliphatic heterocycles. The van der Waals surface area contributed by atoms with Crippen molar-refractivity contribution >= 4 is 5.69 Å². The standard InChI is InChI=1S/C18H28N2O/c1-15-11-16-5-3-4-6-17(16)20(12-15)14-18(13-19-2)7-9-21-10-8-18/h3-6,15,19H,7-14H2,1-2H3. The predicted octanol–water partition coefficient (Wildman–Crippen LogP) is 2.70. The molecule has 0 aliphatic carbocycles. The first-order chi connectivity index (χ1) is 10.2. The Morgan fingerprint density at radius 3 is 2.81 bits per heavy atom. The molecular formula is C18H28N2O. The first-order valence-electron chi connectivity index (χ1n) is 8.28. The minimum atomic E-state index is 0.358. The molecule has 0 bridgehead atoms. The van der Waals surface area contributed by atoms with Crippen molar-refractivity contribution in [1.82, 2.24) is 5.32 Å². The minimum Gasteiger partial charge on any atom is -0.381 e. The van der Waals surface area contributed by atoms with Crippen LogP contribution in [-0.2, 0) is 11.2 Å². The fourth-order valence-electron chi connectivity index (χ4n) is 4.03. The number of fused-ring (bicyclic) bond motifs is 1. The van der Waals surface area contributed by atoms with E-state index in [1.165, 1.54) is 37.1 Å². The van der Waals surface area contributed by atoms with Gasteiger partial charge in [0, 0.05) is 44.0 Å². The van der Waals surface area contributed by atoms with Crippen molar-refractivity contribution < 1.29 is 4.74 Å². The molecule has 2 aliphatic rings. The number of benzene rings is 1. The third-order valence-corrected chi connectivity index (χ3v) is 5.06. The van der Waals surface area contributed by atoms with E-state index in [2.05, 4.69) is 48.5 Å². The molecule has 1 aromatic carbocycles. The van der Waals surface area contributed by atoms with Crippen LogP contribution in [0, 0.1) is 11.3 Å². The molecule has 1 saturated heterocycles. The fourth-order valence-corrected chi connectivity index (χ4v) is 4.03. The number of hydrogen-bond donors (Lipinski definition) is 1. The highest BCUT2D eigenvalue weighted by Gasteiger charge is 2.35. The summed E-state index contributed by atoms with van der Waals surface area (Å²) in [5.41, 5.74) is 3.33. The molecular weight excluding hydrogens is 260 g/mol. The highest BCUT2D eigenvalue weighted by atomic mass is 16.5. The second-order valence-corrected chi connectivity index (χ2v) is 6.96. The van der Waals surface area contributed by atoms with Crippen LogP contribution < -0.4 is 10.2 Å². The Labute approximate surface area is 128 Å². The quantitative estimate of drug-likeness (QED) is 0.922. The molecule has 116 valence electrons. The molecule has 1 fully saturated rings. The van der Waals surface area contributed by atoms with Crippen molar-refractivity contribution in [2.45, 2.75) is 26.2 Å². The number of nitrogens with one attached hydrogen (secondary N) is 1. The summed E-state index contributed by atoms with van der Waals surface area (Å²) in [5, 5.41) is 3.42. The van der Waals surface area contributed by atoms with Crippen molar-refractivity contribution in [3.8, 4) is 0 Å². The Bertz CT molecular complexity index is 463. The minimum absolute atomic E-state index is 0.358. The highest BCUT2D eigenvalue weighted by molar-refractivity contribution is 5.56. The average Bonchev–Trinajstić information content (AvgIpc) is 2.48. The van der Waals surface area contributed by atoms with Gasteiger partial charge in [0.2, 0.25) is 0 Å². The molecule has 1 atom stereocenters. The van der Waals surface area contributed by atoms with Crippen LogP contribution in [-0.4, -0.2) is 39.9 Å². The maximum absolute atomic E-state index is 5.60. The summed E-state index contributed by atoms with van der Waals surface area (Å²) in [6.07, 6.45) is 3.55. The van der Waals surface area contributed by atoms with E-state index in [1.54, 1.807) is 0 Å². The lowest BCUT2D eigenvalue weighted by Crippen LogP contribution is -2.49. The zero-order valence-electron chi connectivity index (χ0n) is 13.4. The summed E-state index contributed by atoms with van der Waals surface area (Å²) >= 11 is 0. The zero-order chi connectivity index (χ0) is 14.7. The molecule has 0 spiro atoms. The maximum atomic E-state index is 5.60. The molecule has 3 heteroatoms. The second kappa shape index (κ2) is 6.37. The molecule has 1 unspecified atom stereocenters. The van der Waals surface area contributed by atoms with E-state index in [9.17, 15) is 0 Å². The SMILES string of the molecule is CNCC1(CN2CC(C)Cc3ccccc32)CCOCC1. The number of nitrogens with zero attached hydrogens (tertiary/aromatic N) is 1. The maximum Gasteiger partial charge on any atom is 0.0472 e. The summed E-state index contributed by atoms with van der Waals surface area (Å²) in [5.74, 6) is 0.742. The molecule has 3 rings (SSSR count). The van der Waals surface area contributed by atoms with E-state index < -0.39 is 0 Å². The van der Waals surface area contributed by atoms with Crippen molar-refractivity contribution in [3.05, 3.63) is 29.8 Å². The first-order valence-corrected chi connectivity index (χ1v) is 8.28. The van der Waals surface area contributed by atoms with Crippen LogP contribution >= 0.6 is 0 Å². The van der Waals surface area contributed by atoms with Crippen molar-refractivity contribution in [3.63, 3.8) is 0 Å².